The first-order valence-electron chi connectivity index (χ1n) is 9.49. The van der Waals surface area contributed by atoms with Crippen molar-refractivity contribution in [1.29, 1.82) is 0 Å². The molecular formula is C21H23ClN6. The van der Waals surface area contributed by atoms with Crippen molar-refractivity contribution in [3.63, 3.8) is 0 Å². The normalized spacial score (nSPS) is 14.2. The summed E-state index contributed by atoms with van der Waals surface area (Å²) in [6.07, 6.45) is 4.39. The Morgan fingerprint density at radius 2 is 1.61 bits per heavy atom. The molecule has 0 saturated carbocycles. The van der Waals surface area contributed by atoms with Crippen LogP contribution in [0.4, 0.5) is 17.5 Å². The van der Waals surface area contributed by atoms with Crippen LogP contribution in [0.3, 0.4) is 0 Å². The van der Waals surface area contributed by atoms with Gasteiger partial charge in [0.2, 0.25) is 0 Å². The number of benzene rings is 1. The third-order valence-electron chi connectivity index (χ3n) is 4.86. The number of piperazine rings is 1. The summed E-state index contributed by atoms with van der Waals surface area (Å²) in [5, 5.41) is 4.15. The van der Waals surface area contributed by atoms with Gasteiger partial charge in [-0.05, 0) is 36.2 Å². The zero-order valence-corrected chi connectivity index (χ0v) is 16.4. The summed E-state index contributed by atoms with van der Waals surface area (Å²) < 4.78 is 0. The fourth-order valence-corrected chi connectivity index (χ4v) is 3.43. The fourth-order valence-electron chi connectivity index (χ4n) is 3.31. The lowest BCUT2D eigenvalue weighted by molar-refractivity contribution is 0.641. The summed E-state index contributed by atoms with van der Waals surface area (Å²) in [5.41, 5.74) is 1.25. The quantitative estimate of drug-likeness (QED) is 0.690. The van der Waals surface area contributed by atoms with Crippen molar-refractivity contribution in [2.45, 2.75) is 6.42 Å². The molecule has 0 spiro atoms. The highest BCUT2D eigenvalue weighted by atomic mass is 35.5. The van der Waals surface area contributed by atoms with Crippen LogP contribution in [0, 0.1) is 0 Å². The van der Waals surface area contributed by atoms with E-state index in [2.05, 4.69) is 48.3 Å². The summed E-state index contributed by atoms with van der Waals surface area (Å²) in [5.74, 6) is 2.85. The highest BCUT2D eigenvalue weighted by Crippen LogP contribution is 2.19. The zero-order chi connectivity index (χ0) is 19.2. The van der Waals surface area contributed by atoms with E-state index in [1.807, 2.05) is 36.5 Å². The second-order valence-electron chi connectivity index (χ2n) is 6.73. The predicted molar refractivity (Wildman–Crippen MR) is 114 cm³/mol. The van der Waals surface area contributed by atoms with E-state index < -0.39 is 0 Å². The van der Waals surface area contributed by atoms with Gasteiger partial charge >= 0.3 is 0 Å². The van der Waals surface area contributed by atoms with Crippen LogP contribution in [-0.4, -0.2) is 47.7 Å². The van der Waals surface area contributed by atoms with Crippen LogP contribution in [0.15, 0.2) is 61.1 Å². The van der Waals surface area contributed by atoms with Crippen molar-refractivity contribution >= 4 is 29.1 Å². The number of rotatable bonds is 6. The first kappa shape index (κ1) is 18.5. The Balaban J connectivity index is 1.31. The molecule has 7 heteroatoms. The molecule has 1 aliphatic heterocycles. The van der Waals surface area contributed by atoms with Crippen molar-refractivity contribution in [3.8, 4) is 0 Å². The van der Waals surface area contributed by atoms with Gasteiger partial charge in [-0.1, -0.05) is 29.8 Å². The lowest BCUT2D eigenvalue weighted by atomic mass is 10.1. The van der Waals surface area contributed by atoms with Gasteiger partial charge in [-0.15, -0.1) is 0 Å². The summed E-state index contributed by atoms with van der Waals surface area (Å²) in [6, 6.07) is 16.0. The zero-order valence-electron chi connectivity index (χ0n) is 15.6. The lowest BCUT2D eigenvalue weighted by Gasteiger charge is -2.36. The molecule has 1 fully saturated rings. The Morgan fingerprint density at radius 3 is 2.32 bits per heavy atom. The topological polar surface area (TPSA) is 57.2 Å². The van der Waals surface area contributed by atoms with Crippen molar-refractivity contribution in [2.24, 2.45) is 0 Å². The molecule has 6 nitrogen and oxygen atoms in total. The molecule has 0 radical (unpaired) electrons. The van der Waals surface area contributed by atoms with Crippen LogP contribution in [0.1, 0.15) is 5.56 Å². The molecule has 0 aliphatic carbocycles. The molecule has 2 aromatic heterocycles. The SMILES string of the molecule is Clc1ccc(CCNc2cc(N3CCN(c4ccccn4)CC3)ncn2)cc1. The van der Waals surface area contributed by atoms with Crippen molar-refractivity contribution in [3.05, 3.63) is 71.6 Å². The molecule has 1 N–H and O–H groups in total. The Morgan fingerprint density at radius 1 is 0.857 bits per heavy atom. The molecule has 3 heterocycles. The first-order valence-corrected chi connectivity index (χ1v) is 9.87. The van der Waals surface area contributed by atoms with Crippen molar-refractivity contribution < 1.29 is 0 Å². The molecule has 3 aromatic rings. The van der Waals surface area contributed by atoms with Crippen LogP contribution in [-0.2, 0) is 6.42 Å². The summed E-state index contributed by atoms with van der Waals surface area (Å²) in [4.78, 5) is 17.9. The molecule has 1 aliphatic rings. The maximum Gasteiger partial charge on any atom is 0.134 e. The molecule has 0 bridgehead atoms. The number of halogens is 1. The van der Waals surface area contributed by atoms with Crippen LogP contribution >= 0.6 is 11.6 Å². The molecule has 144 valence electrons. The third kappa shape index (κ3) is 4.70. The number of anilines is 3. The first-order chi connectivity index (χ1) is 13.8. The number of hydrogen-bond donors (Lipinski definition) is 1. The number of nitrogens with one attached hydrogen (secondary N) is 1. The molecule has 0 unspecified atom stereocenters. The summed E-state index contributed by atoms with van der Waals surface area (Å²) in [6.45, 7) is 4.50. The van der Waals surface area contributed by atoms with Gasteiger partial charge in [0.1, 0.15) is 23.8 Å². The largest absolute Gasteiger partial charge is 0.370 e. The van der Waals surface area contributed by atoms with Gasteiger partial charge in [-0.3, -0.25) is 0 Å². The number of pyridine rings is 1. The Hall–Kier alpha value is -2.86. The van der Waals surface area contributed by atoms with Crippen LogP contribution < -0.4 is 15.1 Å². The molecule has 1 aromatic carbocycles. The summed E-state index contributed by atoms with van der Waals surface area (Å²) >= 11 is 5.93. The smallest absolute Gasteiger partial charge is 0.134 e. The fraction of sp³-hybridized carbons (Fsp3) is 0.286. The minimum atomic E-state index is 0.764. The minimum absolute atomic E-state index is 0.764. The van der Waals surface area contributed by atoms with E-state index in [0.717, 1.165) is 61.6 Å². The van der Waals surface area contributed by atoms with E-state index in [1.54, 1.807) is 6.33 Å². The van der Waals surface area contributed by atoms with E-state index >= 15 is 0 Å². The highest BCUT2D eigenvalue weighted by Gasteiger charge is 2.19. The molecule has 4 rings (SSSR count). The van der Waals surface area contributed by atoms with E-state index in [4.69, 9.17) is 11.6 Å². The van der Waals surface area contributed by atoms with E-state index in [0.29, 0.717) is 0 Å². The second-order valence-corrected chi connectivity index (χ2v) is 7.16. The van der Waals surface area contributed by atoms with Gasteiger partial charge in [0, 0.05) is 50.0 Å². The molecule has 28 heavy (non-hydrogen) atoms. The van der Waals surface area contributed by atoms with Crippen LogP contribution in [0.2, 0.25) is 5.02 Å². The standard InChI is InChI=1S/C21H23ClN6/c22-18-6-4-17(5-7-18)8-10-23-19-15-21(26-16-25-19)28-13-11-27(12-14-28)20-3-1-2-9-24-20/h1-7,9,15-16H,8,10-14H2,(H,23,25,26). The summed E-state index contributed by atoms with van der Waals surface area (Å²) in [7, 11) is 0. The molecule has 0 amide bonds. The predicted octanol–water partition coefficient (Wildman–Crippen LogP) is 3.51. The van der Waals surface area contributed by atoms with Gasteiger partial charge in [0.05, 0.1) is 0 Å². The third-order valence-corrected chi connectivity index (χ3v) is 5.11. The number of aromatic nitrogens is 3. The highest BCUT2D eigenvalue weighted by molar-refractivity contribution is 6.30. The molecule has 1 saturated heterocycles. The van der Waals surface area contributed by atoms with Gasteiger partial charge in [0.15, 0.2) is 0 Å². The van der Waals surface area contributed by atoms with E-state index in [9.17, 15) is 0 Å². The lowest BCUT2D eigenvalue weighted by Crippen LogP contribution is -2.47. The van der Waals surface area contributed by atoms with E-state index in [1.165, 1.54) is 5.56 Å². The maximum absolute atomic E-state index is 5.93. The Labute approximate surface area is 170 Å². The van der Waals surface area contributed by atoms with Crippen molar-refractivity contribution in [1.82, 2.24) is 15.0 Å². The van der Waals surface area contributed by atoms with Gasteiger partial charge in [-0.2, -0.15) is 0 Å². The number of nitrogens with zero attached hydrogens (tertiary/aromatic N) is 5. The van der Waals surface area contributed by atoms with Gasteiger partial charge < -0.3 is 15.1 Å². The number of hydrogen-bond acceptors (Lipinski definition) is 6. The molecule has 0 atom stereocenters. The average molecular weight is 395 g/mol. The monoisotopic (exact) mass is 394 g/mol. The van der Waals surface area contributed by atoms with Crippen molar-refractivity contribution in [2.75, 3.05) is 47.8 Å². The van der Waals surface area contributed by atoms with Crippen LogP contribution in [0.5, 0.6) is 0 Å². The second kappa shape index (κ2) is 8.89. The Kier molecular flexibility index (Phi) is 5.87. The van der Waals surface area contributed by atoms with Gasteiger partial charge in [-0.25, -0.2) is 15.0 Å². The average Bonchev–Trinajstić information content (AvgIpc) is 2.76. The van der Waals surface area contributed by atoms with Crippen LogP contribution in [0.25, 0.3) is 0 Å². The van der Waals surface area contributed by atoms with E-state index in [-0.39, 0.29) is 0 Å². The maximum atomic E-state index is 5.93. The Bertz CT molecular complexity index is 879. The van der Waals surface area contributed by atoms with Gasteiger partial charge in [0.25, 0.3) is 0 Å². The molecular weight excluding hydrogens is 372 g/mol. The minimum Gasteiger partial charge on any atom is -0.370 e.